The van der Waals surface area contributed by atoms with E-state index < -0.39 is 0 Å². The predicted molar refractivity (Wildman–Crippen MR) is 119 cm³/mol. The third kappa shape index (κ3) is 5.23. The lowest BCUT2D eigenvalue weighted by Crippen LogP contribution is -2.27. The Morgan fingerprint density at radius 2 is 1.80 bits per heavy atom. The number of nitrogens with one attached hydrogen (secondary N) is 1. The molecule has 1 heterocycles. The maximum Gasteiger partial charge on any atom is 0.226 e. The molecule has 6 nitrogen and oxygen atoms in total. The summed E-state index contributed by atoms with van der Waals surface area (Å²) in [5, 5.41) is 6.26. The molecule has 0 saturated heterocycles. The fraction of sp³-hybridized carbons (Fsp3) is 0.273. The van der Waals surface area contributed by atoms with Crippen LogP contribution in [-0.2, 0) is 17.6 Å². The number of hydrogen-bond donors (Lipinski definition) is 1. The number of rotatable bonds is 9. The second-order valence-electron chi connectivity index (χ2n) is 6.41. The monoisotopic (exact) mass is 446 g/mol. The number of hydrogen-bond acceptors (Lipinski definition) is 6. The minimum Gasteiger partial charge on any atom is -0.496 e. The molecule has 0 aliphatic heterocycles. The maximum atomic E-state index is 12.4. The van der Waals surface area contributed by atoms with Crippen LogP contribution in [0.15, 0.2) is 41.8 Å². The summed E-state index contributed by atoms with van der Waals surface area (Å²) in [6.45, 7) is 0.444. The van der Waals surface area contributed by atoms with Crippen LogP contribution in [0.25, 0.3) is 10.6 Å². The van der Waals surface area contributed by atoms with Crippen molar-refractivity contribution in [2.24, 2.45) is 0 Å². The minimum atomic E-state index is -0.0996. The van der Waals surface area contributed by atoms with Gasteiger partial charge in [0.1, 0.15) is 22.3 Å². The molecule has 1 aromatic heterocycles. The Balaban J connectivity index is 1.59. The second-order valence-corrected chi connectivity index (χ2v) is 7.68. The Kier molecular flexibility index (Phi) is 7.54. The zero-order valence-corrected chi connectivity index (χ0v) is 18.6. The van der Waals surface area contributed by atoms with Gasteiger partial charge in [-0.1, -0.05) is 29.8 Å². The van der Waals surface area contributed by atoms with E-state index in [2.05, 4.69) is 10.3 Å². The fourth-order valence-corrected chi connectivity index (χ4v) is 4.16. The van der Waals surface area contributed by atoms with E-state index in [1.54, 1.807) is 33.5 Å². The van der Waals surface area contributed by atoms with E-state index in [0.29, 0.717) is 40.9 Å². The quantitative estimate of drug-likeness (QED) is 0.528. The summed E-state index contributed by atoms with van der Waals surface area (Å²) < 4.78 is 16.2. The molecule has 0 aliphatic rings. The molecule has 0 atom stereocenters. The predicted octanol–water partition coefficient (Wildman–Crippen LogP) is 4.39. The van der Waals surface area contributed by atoms with E-state index in [-0.39, 0.29) is 12.3 Å². The third-order valence-corrected chi connectivity index (χ3v) is 5.77. The second kappa shape index (κ2) is 10.3. The zero-order valence-electron chi connectivity index (χ0n) is 17.0. The summed E-state index contributed by atoms with van der Waals surface area (Å²) in [5.74, 6) is 1.86. The Bertz CT molecular complexity index is 997. The molecular formula is C22H23ClN2O4S. The molecule has 8 heteroatoms. The molecule has 0 fully saturated rings. The first kappa shape index (κ1) is 21.9. The largest absolute Gasteiger partial charge is 0.496 e. The molecular weight excluding hydrogens is 424 g/mol. The normalized spacial score (nSPS) is 10.5. The molecule has 0 unspecified atom stereocenters. The average Bonchev–Trinajstić information content (AvgIpc) is 3.21. The van der Waals surface area contributed by atoms with Crippen LogP contribution in [0.4, 0.5) is 0 Å². The van der Waals surface area contributed by atoms with Crippen molar-refractivity contribution in [2.75, 3.05) is 27.9 Å². The number of ether oxygens (including phenoxy) is 3. The molecule has 1 N–H and O–H groups in total. The minimum absolute atomic E-state index is 0.0996. The third-order valence-electron chi connectivity index (χ3n) is 4.51. The average molecular weight is 447 g/mol. The van der Waals surface area contributed by atoms with E-state index in [1.165, 1.54) is 11.3 Å². The van der Waals surface area contributed by atoms with Crippen molar-refractivity contribution in [2.45, 2.75) is 12.8 Å². The lowest BCUT2D eigenvalue weighted by molar-refractivity contribution is -0.120. The Hall–Kier alpha value is -2.77. The van der Waals surface area contributed by atoms with Crippen molar-refractivity contribution >= 4 is 28.8 Å². The van der Waals surface area contributed by atoms with Crippen LogP contribution in [0.1, 0.15) is 11.3 Å². The molecule has 3 rings (SSSR count). The first-order valence-electron chi connectivity index (χ1n) is 9.30. The van der Waals surface area contributed by atoms with Gasteiger partial charge in [-0.15, -0.1) is 11.3 Å². The van der Waals surface area contributed by atoms with E-state index in [4.69, 9.17) is 25.8 Å². The summed E-state index contributed by atoms with van der Waals surface area (Å²) in [6.07, 6.45) is 0.766. The number of halogens is 1. The van der Waals surface area contributed by atoms with Gasteiger partial charge in [0.05, 0.1) is 38.5 Å². The summed E-state index contributed by atoms with van der Waals surface area (Å²) >= 11 is 7.70. The number of thiazole rings is 1. The lowest BCUT2D eigenvalue weighted by Gasteiger charge is -2.15. The molecule has 0 aliphatic carbocycles. The number of benzene rings is 2. The van der Waals surface area contributed by atoms with Gasteiger partial charge in [0.25, 0.3) is 0 Å². The van der Waals surface area contributed by atoms with Crippen molar-refractivity contribution in [1.29, 1.82) is 0 Å². The smallest absolute Gasteiger partial charge is 0.226 e. The van der Waals surface area contributed by atoms with Gasteiger partial charge in [0.15, 0.2) is 0 Å². The molecule has 0 bridgehead atoms. The summed E-state index contributed by atoms with van der Waals surface area (Å²) in [4.78, 5) is 16.9. The van der Waals surface area contributed by atoms with Crippen molar-refractivity contribution in [3.05, 3.63) is 58.1 Å². The van der Waals surface area contributed by atoms with E-state index >= 15 is 0 Å². The zero-order chi connectivity index (χ0) is 21.5. The molecule has 3 aromatic rings. The molecule has 158 valence electrons. The number of carbonyl (C=O) groups is 1. The number of nitrogens with zero attached hydrogens (tertiary/aromatic N) is 1. The van der Waals surface area contributed by atoms with Crippen LogP contribution in [0.3, 0.4) is 0 Å². The van der Waals surface area contributed by atoms with E-state index in [0.717, 1.165) is 16.1 Å². The Labute approximate surface area is 184 Å². The van der Waals surface area contributed by atoms with Crippen LogP contribution >= 0.6 is 22.9 Å². The number of amides is 1. The van der Waals surface area contributed by atoms with Crippen LogP contribution in [-0.4, -0.2) is 38.8 Å². The number of carbonyl (C=O) groups excluding carboxylic acids is 1. The highest BCUT2D eigenvalue weighted by Gasteiger charge is 2.14. The molecule has 2 aromatic carbocycles. The molecule has 0 radical (unpaired) electrons. The fourth-order valence-electron chi connectivity index (χ4n) is 3.02. The van der Waals surface area contributed by atoms with Crippen molar-refractivity contribution in [3.63, 3.8) is 0 Å². The number of methoxy groups -OCH3 is 3. The lowest BCUT2D eigenvalue weighted by atomic mass is 10.1. The highest BCUT2D eigenvalue weighted by atomic mass is 35.5. The van der Waals surface area contributed by atoms with Gasteiger partial charge in [-0.05, 0) is 12.5 Å². The standard InChI is InChI=1S/C22H23ClN2O4S/c1-27-15-11-19(28-2)17(20(12-15)29-3)8-9-24-21(26)10-14-13-30-22(25-14)16-6-4-5-7-18(16)23/h4-7,11-13H,8-10H2,1-3H3,(H,24,26). The summed E-state index contributed by atoms with van der Waals surface area (Å²) in [6, 6.07) is 11.1. The van der Waals surface area contributed by atoms with E-state index in [1.807, 2.05) is 29.6 Å². The molecule has 0 saturated carbocycles. The molecule has 1 amide bonds. The van der Waals surface area contributed by atoms with Crippen molar-refractivity contribution < 1.29 is 19.0 Å². The summed E-state index contributed by atoms with van der Waals surface area (Å²) in [7, 11) is 4.77. The van der Waals surface area contributed by atoms with E-state index in [9.17, 15) is 4.79 Å². The first-order chi connectivity index (χ1) is 14.5. The van der Waals surface area contributed by atoms with Crippen LogP contribution in [0, 0.1) is 0 Å². The van der Waals surface area contributed by atoms with Gasteiger partial charge in [-0.25, -0.2) is 4.98 Å². The number of aromatic nitrogens is 1. The highest BCUT2D eigenvalue weighted by Crippen LogP contribution is 2.34. The first-order valence-corrected chi connectivity index (χ1v) is 10.6. The molecule has 30 heavy (non-hydrogen) atoms. The SMILES string of the molecule is COc1cc(OC)c(CCNC(=O)Cc2csc(-c3ccccc3Cl)n2)c(OC)c1. The molecule has 0 spiro atoms. The summed E-state index contributed by atoms with van der Waals surface area (Å²) in [5.41, 5.74) is 2.46. The van der Waals surface area contributed by atoms with Gasteiger partial charge in [0, 0.05) is 35.2 Å². The Morgan fingerprint density at radius 1 is 1.10 bits per heavy atom. The highest BCUT2D eigenvalue weighted by molar-refractivity contribution is 7.13. The van der Waals surface area contributed by atoms with Crippen molar-refractivity contribution in [1.82, 2.24) is 10.3 Å². The van der Waals surface area contributed by atoms with Crippen LogP contribution in [0.2, 0.25) is 5.02 Å². The van der Waals surface area contributed by atoms with Gasteiger partial charge >= 0.3 is 0 Å². The van der Waals surface area contributed by atoms with Crippen LogP contribution < -0.4 is 19.5 Å². The Morgan fingerprint density at radius 3 is 2.43 bits per heavy atom. The van der Waals surface area contributed by atoms with Gasteiger partial charge in [0.2, 0.25) is 5.91 Å². The van der Waals surface area contributed by atoms with Gasteiger partial charge in [-0.2, -0.15) is 0 Å². The topological polar surface area (TPSA) is 69.7 Å². The van der Waals surface area contributed by atoms with Crippen LogP contribution in [0.5, 0.6) is 17.2 Å². The van der Waals surface area contributed by atoms with Crippen molar-refractivity contribution in [3.8, 4) is 27.8 Å². The van der Waals surface area contributed by atoms with Gasteiger partial charge < -0.3 is 19.5 Å². The van der Waals surface area contributed by atoms with Gasteiger partial charge in [-0.3, -0.25) is 4.79 Å². The maximum absolute atomic E-state index is 12.4.